The van der Waals surface area contributed by atoms with Crippen molar-refractivity contribution in [2.24, 2.45) is 13.0 Å². The minimum Gasteiger partial charge on any atom is -0.335 e. The summed E-state index contributed by atoms with van der Waals surface area (Å²) in [6.07, 6.45) is 8.17. The average molecular weight is 520 g/mol. The first-order valence-corrected chi connectivity index (χ1v) is 13.8. The number of halogens is 1. The summed E-state index contributed by atoms with van der Waals surface area (Å²) in [5, 5.41) is 18.2. The van der Waals surface area contributed by atoms with Crippen molar-refractivity contribution >= 4 is 11.7 Å². The van der Waals surface area contributed by atoms with Crippen LogP contribution in [0.15, 0.2) is 36.4 Å². The molecule has 0 radical (unpaired) electrons. The van der Waals surface area contributed by atoms with Crippen LogP contribution in [0.3, 0.4) is 0 Å². The quantitative estimate of drug-likeness (QED) is 0.471. The summed E-state index contributed by atoms with van der Waals surface area (Å²) in [5.74, 6) is 0.916. The van der Waals surface area contributed by atoms with E-state index in [-0.39, 0.29) is 17.9 Å². The number of carbonyl (C=O) groups is 1. The number of hydrogen-bond donors (Lipinski definition) is 2. The van der Waals surface area contributed by atoms with Gasteiger partial charge in [-0.1, -0.05) is 25.8 Å². The monoisotopic (exact) mass is 519 g/mol. The Morgan fingerprint density at radius 3 is 2.76 bits per heavy atom. The molecule has 1 aromatic heterocycles. The van der Waals surface area contributed by atoms with Crippen LogP contribution in [0.4, 0.5) is 14.9 Å². The summed E-state index contributed by atoms with van der Waals surface area (Å²) in [6, 6.07) is 11.6. The molecule has 1 heterocycles. The number of aromatic nitrogens is 4. The van der Waals surface area contributed by atoms with E-state index in [0.717, 1.165) is 73.9 Å². The van der Waals surface area contributed by atoms with E-state index in [1.165, 1.54) is 12.0 Å². The number of urea groups is 1. The SMILES string of the molecule is CCc1cc(NC(=O)N[C@@H]2CCCC[C@H]2CN(C)C2CCc3cc(F)ccc3C2)cc(-c2nnnn2C)c1. The fourth-order valence-electron chi connectivity index (χ4n) is 6.12. The summed E-state index contributed by atoms with van der Waals surface area (Å²) in [5.41, 5.74) is 5.13. The van der Waals surface area contributed by atoms with Crippen LogP contribution < -0.4 is 10.6 Å². The summed E-state index contributed by atoms with van der Waals surface area (Å²) in [4.78, 5) is 15.6. The Morgan fingerprint density at radius 1 is 1.13 bits per heavy atom. The molecule has 2 N–H and O–H groups in total. The number of amides is 2. The third-order valence-corrected chi connectivity index (χ3v) is 8.28. The number of anilines is 1. The number of hydrogen-bond acceptors (Lipinski definition) is 5. The van der Waals surface area contributed by atoms with Crippen molar-refractivity contribution in [1.82, 2.24) is 30.4 Å². The van der Waals surface area contributed by atoms with E-state index >= 15 is 0 Å². The summed E-state index contributed by atoms with van der Waals surface area (Å²) in [6.45, 7) is 3.03. The van der Waals surface area contributed by atoms with Gasteiger partial charge in [0.15, 0.2) is 5.82 Å². The fraction of sp³-hybridized carbons (Fsp3) is 0.517. The van der Waals surface area contributed by atoms with Crippen LogP contribution in [0, 0.1) is 11.7 Å². The van der Waals surface area contributed by atoms with E-state index in [0.29, 0.717) is 17.8 Å². The van der Waals surface area contributed by atoms with E-state index < -0.39 is 0 Å². The van der Waals surface area contributed by atoms with Gasteiger partial charge in [-0.2, -0.15) is 0 Å². The van der Waals surface area contributed by atoms with Crippen LogP contribution in [0.2, 0.25) is 0 Å². The normalized spacial score (nSPS) is 21.2. The molecule has 8 nitrogen and oxygen atoms in total. The van der Waals surface area contributed by atoms with Crippen LogP contribution >= 0.6 is 0 Å². The standard InChI is InChI=1S/C29H38FN7O/c1-4-19-13-23(28-33-34-35-37(28)3)16-25(14-19)31-29(38)32-27-8-6-5-7-22(27)18-36(2)26-12-10-20-15-24(30)11-9-21(20)17-26/h9,11,13-16,22,26-27H,4-8,10,12,17-18H2,1-3H3,(H2,31,32,38)/t22-,26?,27+/m0/s1. The van der Waals surface area contributed by atoms with Gasteiger partial charge in [-0.25, -0.2) is 13.9 Å². The molecular weight excluding hydrogens is 481 g/mol. The molecule has 1 unspecified atom stereocenters. The highest BCUT2D eigenvalue weighted by Crippen LogP contribution is 2.29. The second-order valence-electron chi connectivity index (χ2n) is 10.9. The molecule has 2 aromatic carbocycles. The van der Waals surface area contributed by atoms with Gasteiger partial charge in [0.1, 0.15) is 5.82 Å². The lowest BCUT2D eigenvalue weighted by Gasteiger charge is -2.39. The van der Waals surface area contributed by atoms with Gasteiger partial charge in [0, 0.05) is 36.9 Å². The van der Waals surface area contributed by atoms with E-state index in [9.17, 15) is 9.18 Å². The molecule has 0 aliphatic heterocycles. The average Bonchev–Trinajstić information content (AvgIpc) is 3.35. The summed E-state index contributed by atoms with van der Waals surface area (Å²) in [7, 11) is 4.00. The predicted molar refractivity (Wildman–Crippen MR) is 146 cm³/mol. The molecule has 0 bridgehead atoms. The molecule has 5 rings (SSSR count). The molecule has 202 valence electrons. The van der Waals surface area contributed by atoms with E-state index in [1.807, 2.05) is 18.2 Å². The Labute approximate surface area is 224 Å². The maximum absolute atomic E-state index is 13.6. The Balaban J connectivity index is 1.22. The maximum atomic E-state index is 13.6. The topological polar surface area (TPSA) is 88.0 Å². The summed E-state index contributed by atoms with van der Waals surface area (Å²) < 4.78 is 15.3. The van der Waals surface area contributed by atoms with Gasteiger partial charge < -0.3 is 15.5 Å². The molecule has 3 atom stereocenters. The van der Waals surface area contributed by atoms with Crippen molar-refractivity contribution in [2.45, 2.75) is 70.4 Å². The third kappa shape index (κ3) is 6.04. The van der Waals surface area contributed by atoms with E-state index in [1.54, 1.807) is 23.9 Å². The minimum atomic E-state index is -0.173. The molecule has 1 saturated carbocycles. The lowest BCUT2D eigenvalue weighted by atomic mass is 9.82. The van der Waals surface area contributed by atoms with Crippen LogP contribution in [0.25, 0.3) is 11.4 Å². The Bertz CT molecular complexity index is 1280. The number of carbonyl (C=O) groups excluding carboxylic acids is 1. The van der Waals surface area contributed by atoms with Gasteiger partial charge in [-0.3, -0.25) is 0 Å². The largest absolute Gasteiger partial charge is 0.335 e. The van der Waals surface area contributed by atoms with Crippen molar-refractivity contribution < 1.29 is 9.18 Å². The Kier molecular flexibility index (Phi) is 8.02. The van der Waals surface area contributed by atoms with Crippen LogP contribution in [-0.2, 0) is 26.3 Å². The van der Waals surface area contributed by atoms with Crippen molar-refractivity contribution in [3.8, 4) is 11.4 Å². The van der Waals surface area contributed by atoms with Gasteiger partial charge in [0.2, 0.25) is 0 Å². The number of fused-ring (bicyclic) bond motifs is 1. The first kappa shape index (κ1) is 26.3. The highest BCUT2D eigenvalue weighted by atomic mass is 19.1. The van der Waals surface area contributed by atoms with E-state index in [2.05, 4.69) is 51.1 Å². The van der Waals surface area contributed by atoms with Gasteiger partial charge >= 0.3 is 6.03 Å². The fourth-order valence-corrected chi connectivity index (χ4v) is 6.12. The van der Waals surface area contributed by atoms with Crippen molar-refractivity contribution in [3.63, 3.8) is 0 Å². The zero-order valence-electron chi connectivity index (χ0n) is 22.6. The smallest absolute Gasteiger partial charge is 0.319 e. The van der Waals surface area contributed by atoms with Crippen molar-refractivity contribution in [2.75, 3.05) is 18.9 Å². The zero-order valence-corrected chi connectivity index (χ0v) is 22.6. The number of likely N-dealkylation sites (N-methyl/N-ethyl adjacent to an activating group) is 1. The van der Waals surface area contributed by atoms with E-state index in [4.69, 9.17) is 0 Å². The maximum Gasteiger partial charge on any atom is 0.319 e. The molecule has 2 aliphatic carbocycles. The predicted octanol–water partition coefficient (Wildman–Crippen LogP) is 4.75. The van der Waals surface area contributed by atoms with Gasteiger partial charge in [0.25, 0.3) is 0 Å². The first-order chi connectivity index (χ1) is 18.4. The highest BCUT2D eigenvalue weighted by molar-refractivity contribution is 5.90. The Hall–Kier alpha value is -3.33. The van der Waals surface area contributed by atoms with Gasteiger partial charge in [-0.05, 0) is 109 Å². The molecule has 1 fully saturated rings. The first-order valence-electron chi connectivity index (χ1n) is 13.8. The van der Waals surface area contributed by atoms with Crippen LogP contribution in [-0.4, -0.2) is 56.8 Å². The highest BCUT2D eigenvalue weighted by Gasteiger charge is 2.30. The van der Waals surface area contributed by atoms with Crippen molar-refractivity contribution in [3.05, 3.63) is 58.9 Å². The second kappa shape index (κ2) is 11.6. The molecule has 3 aromatic rings. The lowest BCUT2D eigenvalue weighted by Crippen LogP contribution is -2.49. The zero-order chi connectivity index (χ0) is 26.6. The lowest BCUT2D eigenvalue weighted by molar-refractivity contribution is 0.147. The third-order valence-electron chi connectivity index (χ3n) is 8.28. The minimum absolute atomic E-state index is 0.132. The number of nitrogens with zero attached hydrogens (tertiary/aromatic N) is 5. The molecule has 2 aliphatic rings. The van der Waals surface area contributed by atoms with Gasteiger partial charge in [0.05, 0.1) is 0 Å². The number of rotatable bonds is 7. The second-order valence-corrected chi connectivity index (χ2v) is 10.9. The number of nitrogens with one attached hydrogen (secondary N) is 2. The number of benzene rings is 2. The molecule has 0 spiro atoms. The van der Waals surface area contributed by atoms with Crippen LogP contribution in [0.1, 0.15) is 55.7 Å². The number of aryl methyl sites for hydroxylation is 3. The number of tetrazole rings is 1. The van der Waals surface area contributed by atoms with Gasteiger partial charge in [-0.15, -0.1) is 5.10 Å². The van der Waals surface area contributed by atoms with Crippen LogP contribution in [0.5, 0.6) is 0 Å². The molecule has 0 saturated heterocycles. The Morgan fingerprint density at radius 2 is 1.97 bits per heavy atom. The molecule has 2 amide bonds. The summed E-state index contributed by atoms with van der Waals surface area (Å²) >= 11 is 0. The molecule has 9 heteroatoms. The molecule has 38 heavy (non-hydrogen) atoms. The molecular formula is C29H38FN7O. The van der Waals surface area contributed by atoms with Crippen molar-refractivity contribution in [1.29, 1.82) is 0 Å².